The Morgan fingerprint density at radius 3 is 2.18 bits per heavy atom. The molecule has 1 atom stereocenters. The molecule has 0 aliphatic rings. The maximum Gasteiger partial charge on any atom is 0.411 e. The van der Waals surface area contributed by atoms with Gasteiger partial charge in [-0.1, -0.05) is 27.7 Å². The molecule has 0 aromatic heterocycles. The molecule has 0 saturated heterocycles. The van der Waals surface area contributed by atoms with Crippen LogP contribution in [-0.4, -0.2) is 32.5 Å². The van der Waals surface area contributed by atoms with E-state index in [1.807, 2.05) is 6.92 Å². The van der Waals surface area contributed by atoms with Crippen molar-refractivity contribution in [1.29, 1.82) is 0 Å². The van der Waals surface area contributed by atoms with Gasteiger partial charge in [0.05, 0.1) is 0 Å². The second kappa shape index (κ2) is 7.21. The Morgan fingerprint density at radius 2 is 1.76 bits per heavy atom. The highest BCUT2D eigenvalue weighted by Gasteiger charge is 2.28. The maximum atomic E-state index is 11.9. The van der Waals surface area contributed by atoms with Gasteiger partial charge in [-0.3, -0.25) is 0 Å². The van der Waals surface area contributed by atoms with Gasteiger partial charge in [0.25, 0.3) is 0 Å². The first kappa shape index (κ1) is 16.7. The van der Waals surface area contributed by atoms with Crippen LogP contribution in [0.2, 0.25) is 0 Å². The van der Waals surface area contributed by atoms with Gasteiger partial charge in [-0.2, -0.15) is 13.2 Å². The highest BCUT2D eigenvalue weighted by atomic mass is 19.4. The lowest BCUT2D eigenvalue weighted by Crippen LogP contribution is -2.33. The first-order chi connectivity index (χ1) is 7.67. The van der Waals surface area contributed by atoms with Gasteiger partial charge >= 0.3 is 6.18 Å². The minimum Gasteiger partial charge on any atom is -0.372 e. The third-order valence-corrected chi connectivity index (χ3v) is 2.74. The van der Waals surface area contributed by atoms with E-state index in [9.17, 15) is 13.2 Å². The summed E-state index contributed by atoms with van der Waals surface area (Å²) >= 11 is 0. The van der Waals surface area contributed by atoms with Crippen molar-refractivity contribution in [2.24, 2.45) is 11.3 Å². The van der Waals surface area contributed by atoms with Crippen LogP contribution in [-0.2, 0) is 4.74 Å². The molecule has 1 N–H and O–H groups in total. The summed E-state index contributed by atoms with van der Waals surface area (Å²) in [6.45, 7) is 9.00. The SMILES string of the molecule is CCNCC(CCOCC(F)(F)F)C(C)(C)C. The second-order valence-corrected chi connectivity index (χ2v) is 5.33. The van der Waals surface area contributed by atoms with Gasteiger partial charge in [0, 0.05) is 6.61 Å². The number of halogens is 3. The van der Waals surface area contributed by atoms with E-state index in [0.717, 1.165) is 13.1 Å². The van der Waals surface area contributed by atoms with Gasteiger partial charge < -0.3 is 10.1 Å². The van der Waals surface area contributed by atoms with Crippen LogP contribution in [0.3, 0.4) is 0 Å². The van der Waals surface area contributed by atoms with Gasteiger partial charge in [-0.05, 0) is 30.8 Å². The van der Waals surface area contributed by atoms with Crippen LogP contribution in [0.15, 0.2) is 0 Å². The Kier molecular flexibility index (Phi) is 7.09. The fourth-order valence-corrected chi connectivity index (χ4v) is 1.57. The maximum absolute atomic E-state index is 11.9. The fraction of sp³-hybridized carbons (Fsp3) is 1.00. The fourth-order valence-electron chi connectivity index (χ4n) is 1.57. The molecule has 0 amide bonds. The van der Waals surface area contributed by atoms with Crippen molar-refractivity contribution in [3.8, 4) is 0 Å². The number of rotatable bonds is 7. The quantitative estimate of drug-likeness (QED) is 0.705. The third kappa shape index (κ3) is 9.41. The molecule has 1 unspecified atom stereocenters. The van der Waals surface area contributed by atoms with Crippen molar-refractivity contribution >= 4 is 0 Å². The minimum atomic E-state index is -4.22. The van der Waals surface area contributed by atoms with E-state index < -0.39 is 12.8 Å². The average Bonchev–Trinajstić information content (AvgIpc) is 2.13. The van der Waals surface area contributed by atoms with Crippen molar-refractivity contribution in [3.63, 3.8) is 0 Å². The van der Waals surface area contributed by atoms with Crippen LogP contribution in [0.1, 0.15) is 34.1 Å². The molecular weight excluding hydrogens is 231 g/mol. The molecule has 0 saturated carbocycles. The summed E-state index contributed by atoms with van der Waals surface area (Å²) < 4.78 is 40.3. The zero-order chi connectivity index (χ0) is 13.5. The van der Waals surface area contributed by atoms with Gasteiger partial charge in [0.15, 0.2) is 0 Å². The molecule has 17 heavy (non-hydrogen) atoms. The van der Waals surface area contributed by atoms with Gasteiger partial charge in [0.2, 0.25) is 0 Å². The molecule has 5 heteroatoms. The van der Waals surface area contributed by atoms with Crippen LogP contribution in [0.25, 0.3) is 0 Å². The lowest BCUT2D eigenvalue weighted by atomic mass is 9.79. The van der Waals surface area contributed by atoms with Gasteiger partial charge in [-0.25, -0.2) is 0 Å². The molecule has 0 aliphatic heterocycles. The van der Waals surface area contributed by atoms with Crippen molar-refractivity contribution < 1.29 is 17.9 Å². The first-order valence-corrected chi connectivity index (χ1v) is 6.02. The van der Waals surface area contributed by atoms with Crippen molar-refractivity contribution in [1.82, 2.24) is 5.32 Å². The number of hydrogen-bond acceptors (Lipinski definition) is 2. The molecule has 0 aromatic rings. The Hall–Kier alpha value is -0.290. The van der Waals surface area contributed by atoms with Crippen molar-refractivity contribution in [2.45, 2.75) is 40.3 Å². The summed E-state index contributed by atoms with van der Waals surface area (Å²) in [4.78, 5) is 0. The number of ether oxygens (including phenoxy) is 1. The molecule has 0 aromatic carbocycles. The lowest BCUT2D eigenvalue weighted by molar-refractivity contribution is -0.175. The first-order valence-electron chi connectivity index (χ1n) is 6.02. The smallest absolute Gasteiger partial charge is 0.372 e. The summed E-state index contributed by atoms with van der Waals surface area (Å²) in [5, 5.41) is 3.23. The molecule has 0 spiro atoms. The van der Waals surface area contributed by atoms with E-state index >= 15 is 0 Å². The van der Waals surface area contributed by atoms with Crippen LogP contribution in [0.4, 0.5) is 13.2 Å². The molecule has 0 fully saturated rings. The number of nitrogens with one attached hydrogen (secondary N) is 1. The van der Waals surface area contributed by atoms with Crippen molar-refractivity contribution in [2.75, 3.05) is 26.3 Å². The van der Waals surface area contributed by atoms with Crippen LogP contribution in [0, 0.1) is 11.3 Å². The standard InChI is InChI=1S/C12H24F3NO/c1-5-16-8-10(11(2,3)4)6-7-17-9-12(13,14)15/h10,16H,5-9H2,1-4H3. The summed E-state index contributed by atoms with van der Waals surface area (Å²) in [7, 11) is 0. The predicted octanol–water partition coefficient (Wildman–Crippen LogP) is 3.23. The Bertz CT molecular complexity index is 199. The van der Waals surface area contributed by atoms with Crippen LogP contribution >= 0.6 is 0 Å². The molecule has 0 rings (SSSR count). The lowest BCUT2D eigenvalue weighted by Gasteiger charge is -2.31. The van der Waals surface area contributed by atoms with Crippen LogP contribution < -0.4 is 5.32 Å². The summed E-state index contributed by atoms with van der Waals surface area (Å²) in [6, 6.07) is 0. The molecule has 0 radical (unpaired) electrons. The zero-order valence-electron chi connectivity index (χ0n) is 11.2. The van der Waals surface area contributed by atoms with E-state index in [1.165, 1.54) is 0 Å². The van der Waals surface area contributed by atoms with E-state index in [4.69, 9.17) is 0 Å². The Morgan fingerprint density at radius 1 is 1.18 bits per heavy atom. The Labute approximate surface area is 102 Å². The number of alkyl halides is 3. The monoisotopic (exact) mass is 255 g/mol. The molecule has 0 bridgehead atoms. The highest BCUT2D eigenvalue weighted by molar-refractivity contribution is 4.75. The topological polar surface area (TPSA) is 21.3 Å². The summed E-state index contributed by atoms with van der Waals surface area (Å²) in [5.74, 6) is 0.315. The Balaban J connectivity index is 3.93. The van der Waals surface area contributed by atoms with Gasteiger partial charge in [-0.15, -0.1) is 0 Å². The van der Waals surface area contributed by atoms with Crippen molar-refractivity contribution in [3.05, 3.63) is 0 Å². The number of hydrogen-bond donors (Lipinski definition) is 1. The molecule has 104 valence electrons. The third-order valence-electron chi connectivity index (χ3n) is 2.74. The van der Waals surface area contributed by atoms with E-state index in [-0.39, 0.29) is 12.0 Å². The average molecular weight is 255 g/mol. The molecule has 0 heterocycles. The van der Waals surface area contributed by atoms with E-state index in [2.05, 4.69) is 30.8 Å². The molecule has 0 aliphatic carbocycles. The summed E-state index contributed by atoms with van der Waals surface area (Å²) in [5.41, 5.74) is 0.0732. The highest BCUT2D eigenvalue weighted by Crippen LogP contribution is 2.28. The second-order valence-electron chi connectivity index (χ2n) is 5.33. The molecule has 2 nitrogen and oxygen atoms in total. The van der Waals surface area contributed by atoms with Gasteiger partial charge in [0.1, 0.15) is 6.61 Å². The predicted molar refractivity (Wildman–Crippen MR) is 63.0 cm³/mol. The minimum absolute atomic E-state index is 0.0732. The normalized spacial score (nSPS) is 15.0. The molecular formula is C12H24F3NO. The zero-order valence-corrected chi connectivity index (χ0v) is 11.2. The summed E-state index contributed by atoms with van der Waals surface area (Å²) in [6.07, 6.45) is -3.58. The van der Waals surface area contributed by atoms with Crippen LogP contribution in [0.5, 0.6) is 0 Å². The van der Waals surface area contributed by atoms with E-state index in [1.54, 1.807) is 0 Å². The largest absolute Gasteiger partial charge is 0.411 e. The van der Waals surface area contributed by atoms with E-state index in [0.29, 0.717) is 12.3 Å².